The van der Waals surface area contributed by atoms with Crippen LogP contribution in [0.1, 0.15) is 28.6 Å². The summed E-state index contributed by atoms with van der Waals surface area (Å²) in [7, 11) is 0. The first-order chi connectivity index (χ1) is 18.4. The quantitative estimate of drug-likeness (QED) is 0.0976. The third-order valence-electron chi connectivity index (χ3n) is 5.67. The van der Waals surface area contributed by atoms with E-state index in [2.05, 4.69) is 102 Å². The van der Waals surface area contributed by atoms with Crippen molar-refractivity contribution in [3.8, 4) is 11.5 Å². The molecule has 5 aromatic rings. The van der Waals surface area contributed by atoms with Gasteiger partial charge >= 0.3 is 5.91 Å². The number of hydrogen-bond donors (Lipinski definition) is 1. The van der Waals surface area contributed by atoms with Crippen LogP contribution >= 0.6 is 61.1 Å². The smallest absolute Gasteiger partial charge is 0.307 e. The van der Waals surface area contributed by atoms with Gasteiger partial charge in [0, 0.05) is 9.86 Å². The zero-order chi connectivity index (χ0) is 26.6. The zero-order valence-corrected chi connectivity index (χ0v) is 26.0. The Morgan fingerprint density at radius 3 is 2.61 bits per heavy atom. The van der Waals surface area contributed by atoms with Gasteiger partial charge in [-0.15, -0.1) is 0 Å². The summed E-state index contributed by atoms with van der Waals surface area (Å²) < 4.78 is 20.5. The first kappa shape index (κ1) is 26.9. The number of rotatable bonds is 8. The molecule has 38 heavy (non-hydrogen) atoms. The molecular formula is C29H21BrI2N2O4. The van der Waals surface area contributed by atoms with E-state index in [1.54, 1.807) is 12.3 Å². The molecule has 0 radical (unpaired) electrons. The first-order valence-electron chi connectivity index (χ1n) is 11.7. The van der Waals surface area contributed by atoms with Crippen molar-refractivity contribution >= 4 is 95.0 Å². The molecule has 0 unspecified atom stereocenters. The molecule has 1 aromatic heterocycles. The number of hydrogen-bond acceptors (Lipinski definition) is 5. The van der Waals surface area contributed by atoms with Crippen LogP contribution in [0.25, 0.3) is 21.7 Å². The lowest BCUT2D eigenvalue weighted by Gasteiger charge is -2.15. The fourth-order valence-electron chi connectivity index (χ4n) is 3.96. The van der Waals surface area contributed by atoms with Crippen LogP contribution < -0.4 is 14.9 Å². The van der Waals surface area contributed by atoms with Crippen molar-refractivity contribution in [1.82, 2.24) is 5.43 Å². The highest BCUT2D eigenvalue weighted by Gasteiger charge is 2.15. The Labute approximate surface area is 255 Å². The monoisotopic (exact) mass is 794 g/mol. The molecule has 9 heteroatoms. The number of furan rings is 1. The summed E-state index contributed by atoms with van der Waals surface area (Å²) in [5, 5.41) is 7.34. The van der Waals surface area contributed by atoms with Crippen molar-refractivity contribution in [2.45, 2.75) is 13.5 Å². The predicted octanol–water partition coefficient (Wildman–Crippen LogP) is 8.30. The molecule has 0 saturated carbocycles. The maximum atomic E-state index is 12.6. The second-order valence-corrected chi connectivity index (χ2v) is 11.6. The van der Waals surface area contributed by atoms with E-state index < -0.39 is 5.91 Å². The van der Waals surface area contributed by atoms with E-state index in [9.17, 15) is 4.79 Å². The Kier molecular flexibility index (Phi) is 8.54. The van der Waals surface area contributed by atoms with E-state index in [4.69, 9.17) is 13.9 Å². The highest BCUT2D eigenvalue weighted by atomic mass is 127. The van der Waals surface area contributed by atoms with E-state index in [0.717, 1.165) is 28.1 Å². The molecule has 192 valence electrons. The molecule has 0 aliphatic heterocycles. The predicted molar refractivity (Wildman–Crippen MR) is 170 cm³/mol. The Morgan fingerprint density at radius 2 is 1.79 bits per heavy atom. The lowest BCUT2D eigenvalue weighted by atomic mass is 10.1. The van der Waals surface area contributed by atoms with Gasteiger partial charge in [0.25, 0.3) is 0 Å². The van der Waals surface area contributed by atoms with Gasteiger partial charge in [0.15, 0.2) is 17.3 Å². The Balaban J connectivity index is 1.30. The van der Waals surface area contributed by atoms with Crippen LogP contribution in [0.4, 0.5) is 0 Å². The van der Waals surface area contributed by atoms with Crippen LogP contribution in [0.15, 0.2) is 86.8 Å². The maximum absolute atomic E-state index is 12.6. The number of amides is 1. The number of benzene rings is 4. The van der Waals surface area contributed by atoms with Gasteiger partial charge in [-0.2, -0.15) is 5.10 Å². The minimum absolute atomic E-state index is 0.190. The number of ether oxygens (including phenoxy) is 2. The molecule has 6 nitrogen and oxygen atoms in total. The summed E-state index contributed by atoms with van der Waals surface area (Å²) in [6, 6.07) is 23.9. The van der Waals surface area contributed by atoms with E-state index in [1.807, 2.05) is 43.3 Å². The molecule has 1 amide bonds. The van der Waals surface area contributed by atoms with Crippen molar-refractivity contribution < 1.29 is 18.7 Å². The molecule has 0 fully saturated rings. The minimum atomic E-state index is -0.431. The third kappa shape index (κ3) is 6.15. The molecule has 4 aromatic carbocycles. The van der Waals surface area contributed by atoms with E-state index in [-0.39, 0.29) is 5.76 Å². The van der Waals surface area contributed by atoms with Gasteiger partial charge in [-0.25, -0.2) is 5.43 Å². The van der Waals surface area contributed by atoms with Gasteiger partial charge in [0.1, 0.15) is 12.2 Å². The number of hydrazone groups is 1. The standard InChI is InChI=1S/C29H21BrI2N2O4/c1-2-36-25-11-18(15-33-34-29(35)26-13-21-12-22(30)14-24(32)27(21)38-26)10-23(31)28(25)37-16-17-7-8-19-5-3-4-6-20(19)9-17/h3-15H,2,16H2,1H3,(H,34,35)/b33-15-. The minimum Gasteiger partial charge on any atom is -0.490 e. The molecule has 0 aliphatic carbocycles. The van der Waals surface area contributed by atoms with E-state index >= 15 is 0 Å². The average Bonchev–Trinajstić information content (AvgIpc) is 3.33. The lowest BCUT2D eigenvalue weighted by molar-refractivity contribution is 0.0929. The highest BCUT2D eigenvalue weighted by molar-refractivity contribution is 14.1. The number of fused-ring (bicyclic) bond motifs is 2. The largest absolute Gasteiger partial charge is 0.490 e. The summed E-state index contributed by atoms with van der Waals surface area (Å²) in [4.78, 5) is 12.6. The molecule has 0 saturated heterocycles. The number of nitrogens with one attached hydrogen (secondary N) is 1. The highest BCUT2D eigenvalue weighted by Crippen LogP contribution is 2.35. The van der Waals surface area contributed by atoms with Crippen LogP contribution in [0.2, 0.25) is 0 Å². The fraction of sp³-hybridized carbons (Fsp3) is 0.103. The van der Waals surface area contributed by atoms with Gasteiger partial charge in [-0.1, -0.05) is 52.3 Å². The van der Waals surface area contributed by atoms with Crippen molar-refractivity contribution in [3.05, 3.63) is 101 Å². The molecule has 0 aliphatic rings. The second kappa shape index (κ2) is 12.0. The number of carbonyl (C=O) groups excluding carboxylic acids is 1. The second-order valence-electron chi connectivity index (χ2n) is 8.35. The summed E-state index contributed by atoms with van der Waals surface area (Å²) >= 11 is 7.86. The Morgan fingerprint density at radius 1 is 0.974 bits per heavy atom. The lowest BCUT2D eigenvalue weighted by Crippen LogP contribution is -2.16. The zero-order valence-electron chi connectivity index (χ0n) is 20.1. The number of carbonyl (C=O) groups is 1. The van der Waals surface area contributed by atoms with Gasteiger partial charge < -0.3 is 13.9 Å². The normalized spacial score (nSPS) is 11.4. The molecule has 5 rings (SSSR count). The van der Waals surface area contributed by atoms with Crippen LogP contribution in [0.5, 0.6) is 11.5 Å². The molecule has 0 bridgehead atoms. The summed E-state index contributed by atoms with van der Waals surface area (Å²) in [5.74, 6) is 1.05. The summed E-state index contributed by atoms with van der Waals surface area (Å²) in [5.41, 5.74) is 5.04. The topological polar surface area (TPSA) is 73.1 Å². The molecule has 0 atom stereocenters. The maximum Gasteiger partial charge on any atom is 0.307 e. The fourth-order valence-corrected chi connectivity index (χ4v) is 6.40. The van der Waals surface area contributed by atoms with Gasteiger partial charge in [-0.05, 0) is 110 Å². The Bertz CT molecular complexity index is 1680. The van der Waals surface area contributed by atoms with Crippen molar-refractivity contribution in [1.29, 1.82) is 0 Å². The van der Waals surface area contributed by atoms with Crippen LogP contribution in [-0.2, 0) is 6.61 Å². The Hall–Kier alpha value is -2.64. The van der Waals surface area contributed by atoms with Gasteiger partial charge in [0.05, 0.1) is 20.0 Å². The number of nitrogens with zero attached hydrogens (tertiary/aromatic N) is 1. The van der Waals surface area contributed by atoms with Crippen LogP contribution in [0, 0.1) is 7.14 Å². The summed E-state index contributed by atoms with van der Waals surface area (Å²) in [6.07, 6.45) is 1.57. The first-order valence-corrected chi connectivity index (χ1v) is 14.6. The van der Waals surface area contributed by atoms with Gasteiger partial charge in [-0.3, -0.25) is 4.79 Å². The van der Waals surface area contributed by atoms with Crippen molar-refractivity contribution in [2.24, 2.45) is 5.10 Å². The van der Waals surface area contributed by atoms with E-state index in [1.165, 1.54) is 10.8 Å². The summed E-state index contributed by atoms with van der Waals surface area (Å²) in [6.45, 7) is 2.83. The van der Waals surface area contributed by atoms with Gasteiger partial charge in [0.2, 0.25) is 0 Å². The molecule has 1 N–H and O–H groups in total. The SMILES string of the molecule is CCOc1cc(/C=N\NC(=O)c2cc3cc(Br)cc(I)c3o2)cc(I)c1OCc1ccc2ccccc2c1. The average molecular weight is 795 g/mol. The molecular weight excluding hydrogens is 774 g/mol. The molecule has 0 spiro atoms. The molecule has 1 heterocycles. The third-order valence-corrected chi connectivity index (χ3v) is 7.73. The van der Waals surface area contributed by atoms with E-state index in [0.29, 0.717) is 30.3 Å². The van der Waals surface area contributed by atoms with Crippen LogP contribution in [0.3, 0.4) is 0 Å². The van der Waals surface area contributed by atoms with Crippen molar-refractivity contribution in [2.75, 3.05) is 6.61 Å². The number of halogens is 3. The van der Waals surface area contributed by atoms with Crippen molar-refractivity contribution in [3.63, 3.8) is 0 Å². The van der Waals surface area contributed by atoms with Crippen LogP contribution in [-0.4, -0.2) is 18.7 Å².